The highest BCUT2D eigenvalue weighted by Crippen LogP contribution is 2.33. The predicted molar refractivity (Wildman–Crippen MR) is 127 cm³/mol. The minimum atomic E-state index is -1.04. The lowest BCUT2D eigenvalue weighted by Crippen LogP contribution is -1.92. The molecule has 0 saturated carbocycles. The van der Waals surface area contributed by atoms with Crippen molar-refractivity contribution in [2.45, 2.75) is 45.4 Å². The zero-order chi connectivity index (χ0) is 23.4. The standard InChI is InChI=1S/C29H26F4/c1-2-3-4-5-6-7-19-8-12-24-20(16-19)10-14-25(29(24)33)22-9-13-23(27(31)17-22)21-11-15-26(30)28(32)18-21/h8-18H,2-7H2,1H3. The lowest BCUT2D eigenvalue weighted by molar-refractivity contribution is 0.509. The van der Waals surface area contributed by atoms with E-state index in [1.54, 1.807) is 18.2 Å². The molecule has 4 heteroatoms. The second kappa shape index (κ2) is 10.2. The maximum absolute atomic E-state index is 15.3. The molecule has 4 aromatic carbocycles. The van der Waals surface area contributed by atoms with Crippen LogP contribution in [0.15, 0.2) is 66.7 Å². The molecule has 0 aromatic heterocycles. The van der Waals surface area contributed by atoms with Gasteiger partial charge in [0.2, 0.25) is 0 Å². The summed E-state index contributed by atoms with van der Waals surface area (Å²) in [6.45, 7) is 2.20. The highest BCUT2D eigenvalue weighted by Gasteiger charge is 2.14. The van der Waals surface area contributed by atoms with Crippen molar-refractivity contribution in [3.63, 3.8) is 0 Å². The van der Waals surface area contributed by atoms with Gasteiger partial charge in [-0.2, -0.15) is 0 Å². The Morgan fingerprint density at radius 2 is 1.27 bits per heavy atom. The number of benzene rings is 4. The van der Waals surface area contributed by atoms with Crippen LogP contribution in [0.3, 0.4) is 0 Å². The van der Waals surface area contributed by atoms with E-state index < -0.39 is 23.3 Å². The van der Waals surface area contributed by atoms with E-state index in [0.717, 1.165) is 30.4 Å². The van der Waals surface area contributed by atoms with Crippen molar-refractivity contribution in [2.75, 3.05) is 0 Å². The molecule has 0 aliphatic heterocycles. The summed E-state index contributed by atoms with van der Waals surface area (Å²) >= 11 is 0. The second-order valence-corrected chi connectivity index (χ2v) is 8.47. The van der Waals surface area contributed by atoms with Crippen molar-refractivity contribution in [1.29, 1.82) is 0 Å². The predicted octanol–water partition coefficient (Wildman–Crippen LogP) is 9.24. The molecular weight excluding hydrogens is 424 g/mol. The van der Waals surface area contributed by atoms with E-state index in [9.17, 15) is 13.2 Å². The van der Waals surface area contributed by atoms with Gasteiger partial charge in [-0.1, -0.05) is 81.1 Å². The van der Waals surface area contributed by atoms with Crippen LogP contribution in [0.25, 0.3) is 33.0 Å². The summed E-state index contributed by atoms with van der Waals surface area (Å²) in [5.41, 5.74) is 2.22. The number of unbranched alkanes of at least 4 members (excludes halogenated alkanes) is 4. The monoisotopic (exact) mass is 450 g/mol. The fraction of sp³-hybridized carbons (Fsp3) is 0.241. The number of hydrogen-bond donors (Lipinski definition) is 0. The molecule has 0 fully saturated rings. The van der Waals surface area contributed by atoms with E-state index >= 15 is 4.39 Å². The van der Waals surface area contributed by atoms with Crippen LogP contribution in [0.5, 0.6) is 0 Å². The maximum Gasteiger partial charge on any atom is 0.159 e. The fourth-order valence-corrected chi connectivity index (χ4v) is 4.23. The Kier molecular flexibility index (Phi) is 7.12. The third-order valence-corrected chi connectivity index (χ3v) is 6.10. The van der Waals surface area contributed by atoms with E-state index in [1.165, 1.54) is 49.4 Å². The van der Waals surface area contributed by atoms with Gasteiger partial charge in [0.1, 0.15) is 11.6 Å². The van der Waals surface area contributed by atoms with Gasteiger partial charge in [-0.05, 0) is 53.1 Å². The molecule has 170 valence electrons. The molecule has 4 aromatic rings. The average molecular weight is 451 g/mol. The molecule has 0 bridgehead atoms. The molecule has 0 aliphatic rings. The molecule has 4 rings (SSSR count). The summed E-state index contributed by atoms with van der Waals surface area (Å²) in [6.07, 6.45) is 7.01. The van der Waals surface area contributed by atoms with Gasteiger partial charge in [0, 0.05) is 16.5 Å². The molecule has 0 atom stereocenters. The van der Waals surface area contributed by atoms with E-state index in [-0.39, 0.29) is 11.1 Å². The Hall–Kier alpha value is -3.14. The quantitative estimate of drug-likeness (QED) is 0.185. The lowest BCUT2D eigenvalue weighted by Gasteiger charge is -2.11. The first-order valence-electron chi connectivity index (χ1n) is 11.4. The van der Waals surface area contributed by atoms with Crippen LogP contribution in [-0.4, -0.2) is 0 Å². The lowest BCUT2D eigenvalue weighted by atomic mass is 9.95. The van der Waals surface area contributed by atoms with Crippen LogP contribution in [-0.2, 0) is 6.42 Å². The number of halogens is 4. The summed E-state index contributed by atoms with van der Waals surface area (Å²) in [4.78, 5) is 0. The Labute approximate surface area is 191 Å². The Morgan fingerprint density at radius 1 is 0.576 bits per heavy atom. The van der Waals surface area contributed by atoms with Gasteiger partial charge in [0.25, 0.3) is 0 Å². The largest absolute Gasteiger partial charge is 0.206 e. The molecule has 0 radical (unpaired) electrons. The highest BCUT2D eigenvalue weighted by atomic mass is 19.2. The first-order valence-corrected chi connectivity index (χ1v) is 11.4. The summed E-state index contributed by atoms with van der Waals surface area (Å²) in [7, 11) is 0. The second-order valence-electron chi connectivity index (χ2n) is 8.47. The highest BCUT2D eigenvalue weighted by molar-refractivity contribution is 5.89. The van der Waals surface area contributed by atoms with Crippen molar-refractivity contribution in [2.24, 2.45) is 0 Å². The molecule has 0 unspecified atom stereocenters. The Balaban J connectivity index is 1.59. The van der Waals surface area contributed by atoms with E-state index in [1.807, 2.05) is 18.2 Å². The molecule has 0 nitrogen and oxygen atoms in total. The zero-order valence-corrected chi connectivity index (χ0v) is 18.6. The van der Waals surface area contributed by atoms with Crippen LogP contribution >= 0.6 is 0 Å². The van der Waals surface area contributed by atoms with E-state index in [2.05, 4.69) is 6.92 Å². The third-order valence-electron chi connectivity index (χ3n) is 6.10. The minimum absolute atomic E-state index is 0.127. The number of rotatable bonds is 8. The summed E-state index contributed by atoms with van der Waals surface area (Å²) in [6, 6.07) is 16.8. The third kappa shape index (κ3) is 5.11. The summed E-state index contributed by atoms with van der Waals surface area (Å²) in [5.74, 6) is -3.07. The van der Waals surface area contributed by atoms with Gasteiger partial charge >= 0.3 is 0 Å². The Bertz CT molecular complexity index is 1280. The summed E-state index contributed by atoms with van der Waals surface area (Å²) in [5, 5.41) is 1.31. The SMILES string of the molecule is CCCCCCCc1ccc2c(F)c(-c3ccc(-c4ccc(F)c(F)c4)c(F)c3)ccc2c1. The van der Waals surface area contributed by atoms with Gasteiger partial charge in [0.15, 0.2) is 11.6 Å². The molecule has 0 aliphatic carbocycles. The van der Waals surface area contributed by atoms with Crippen molar-refractivity contribution < 1.29 is 17.6 Å². The number of aryl methyl sites for hydroxylation is 1. The van der Waals surface area contributed by atoms with Crippen molar-refractivity contribution in [1.82, 2.24) is 0 Å². The molecular formula is C29H26F4. The van der Waals surface area contributed by atoms with Gasteiger partial charge in [-0.15, -0.1) is 0 Å². The number of hydrogen-bond acceptors (Lipinski definition) is 0. The Morgan fingerprint density at radius 3 is 2.03 bits per heavy atom. The molecule has 0 spiro atoms. The van der Waals surface area contributed by atoms with Gasteiger partial charge in [-0.25, -0.2) is 17.6 Å². The molecule has 0 amide bonds. The van der Waals surface area contributed by atoms with Crippen LogP contribution in [0, 0.1) is 23.3 Å². The maximum atomic E-state index is 15.3. The number of fused-ring (bicyclic) bond motifs is 1. The zero-order valence-electron chi connectivity index (χ0n) is 18.6. The van der Waals surface area contributed by atoms with E-state index in [0.29, 0.717) is 16.5 Å². The van der Waals surface area contributed by atoms with Gasteiger partial charge in [0.05, 0.1) is 0 Å². The smallest absolute Gasteiger partial charge is 0.159 e. The molecule has 33 heavy (non-hydrogen) atoms. The van der Waals surface area contributed by atoms with Gasteiger partial charge in [-0.3, -0.25) is 0 Å². The van der Waals surface area contributed by atoms with Crippen molar-refractivity contribution >= 4 is 10.8 Å². The van der Waals surface area contributed by atoms with Crippen LogP contribution in [0.1, 0.15) is 44.6 Å². The molecule has 0 saturated heterocycles. The minimum Gasteiger partial charge on any atom is -0.206 e. The summed E-state index contributed by atoms with van der Waals surface area (Å²) < 4.78 is 56.9. The first-order chi connectivity index (χ1) is 16.0. The molecule has 0 heterocycles. The van der Waals surface area contributed by atoms with Crippen LogP contribution in [0.2, 0.25) is 0 Å². The van der Waals surface area contributed by atoms with Crippen LogP contribution < -0.4 is 0 Å². The fourth-order valence-electron chi connectivity index (χ4n) is 4.23. The van der Waals surface area contributed by atoms with Crippen molar-refractivity contribution in [3.8, 4) is 22.3 Å². The van der Waals surface area contributed by atoms with E-state index in [4.69, 9.17) is 0 Å². The van der Waals surface area contributed by atoms with Crippen LogP contribution in [0.4, 0.5) is 17.6 Å². The first kappa shape index (κ1) is 23.0. The normalized spacial score (nSPS) is 11.3. The van der Waals surface area contributed by atoms with Crippen molar-refractivity contribution in [3.05, 3.63) is 95.6 Å². The average Bonchev–Trinajstić information content (AvgIpc) is 2.81. The molecule has 0 N–H and O–H groups in total. The van der Waals surface area contributed by atoms with Gasteiger partial charge < -0.3 is 0 Å². The topological polar surface area (TPSA) is 0 Å².